The first-order chi connectivity index (χ1) is 14.9. The van der Waals surface area contributed by atoms with Crippen LogP contribution in [0.25, 0.3) is 0 Å². The number of benzene rings is 1. The minimum absolute atomic E-state index is 0.294. The number of nitrogens with zero attached hydrogens (tertiary/aromatic N) is 1. The van der Waals surface area contributed by atoms with Crippen molar-refractivity contribution in [1.82, 2.24) is 9.88 Å². The molecule has 0 aliphatic carbocycles. The Bertz CT molecular complexity index is 841. The van der Waals surface area contributed by atoms with E-state index >= 15 is 0 Å². The van der Waals surface area contributed by atoms with E-state index < -0.39 is 11.8 Å². The van der Waals surface area contributed by atoms with Crippen molar-refractivity contribution in [3.05, 3.63) is 47.2 Å². The number of aryl methyl sites for hydroxylation is 1. The number of likely N-dealkylation sites (tertiary alicyclic amines) is 1. The molecule has 0 unspecified atom stereocenters. The lowest BCUT2D eigenvalue weighted by atomic mass is 9.84. The molecule has 170 valence electrons. The summed E-state index contributed by atoms with van der Waals surface area (Å²) in [4.78, 5) is 17.2. The summed E-state index contributed by atoms with van der Waals surface area (Å²) in [5.41, 5.74) is 2.09. The molecule has 1 aliphatic heterocycles. The van der Waals surface area contributed by atoms with Crippen molar-refractivity contribution < 1.29 is 24.1 Å². The van der Waals surface area contributed by atoms with Crippen molar-refractivity contribution in [2.75, 3.05) is 32.8 Å². The molecular formula is C24H34N2O5. The number of hydrogen-bond acceptors (Lipinski definition) is 6. The number of aromatic nitrogens is 1. The van der Waals surface area contributed by atoms with Crippen molar-refractivity contribution in [1.29, 1.82) is 0 Å². The number of H-pyrrole nitrogens is 1. The SMILES string of the molecule is CCCOC(=O)Oc1[nH]c(C)c(C)c1OCCCN1CCC(O)(c2ccccc2)CC1. The van der Waals surface area contributed by atoms with Crippen LogP contribution < -0.4 is 9.47 Å². The van der Waals surface area contributed by atoms with Gasteiger partial charge in [0.25, 0.3) is 0 Å². The van der Waals surface area contributed by atoms with Crippen LogP contribution in [0.3, 0.4) is 0 Å². The molecule has 0 spiro atoms. The summed E-state index contributed by atoms with van der Waals surface area (Å²) in [7, 11) is 0. The molecular weight excluding hydrogens is 396 g/mol. The van der Waals surface area contributed by atoms with Crippen LogP contribution in [0.1, 0.15) is 49.4 Å². The standard InChI is InChI=1S/C24H34N2O5/c1-4-16-30-23(27)31-22-21(18(2)19(3)25-22)29-17-8-13-26-14-11-24(28,12-15-26)20-9-6-5-7-10-20/h5-7,9-10,25,28H,4,8,11-17H2,1-3H3. The summed E-state index contributed by atoms with van der Waals surface area (Å²) < 4.78 is 16.2. The number of rotatable bonds is 9. The zero-order valence-corrected chi connectivity index (χ0v) is 18.8. The predicted octanol–water partition coefficient (Wildman–Crippen LogP) is 4.31. The van der Waals surface area contributed by atoms with Crippen molar-refractivity contribution >= 4 is 6.16 Å². The molecule has 1 aliphatic rings. The first-order valence-corrected chi connectivity index (χ1v) is 11.1. The van der Waals surface area contributed by atoms with Crippen molar-refractivity contribution in [3.8, 4) is 11.6 Å². The van der Waals surface area contributed by atoms with Gasteiger partial charge in [-0.05, 0) is 45.1 Å². The lowest BCUT2D eigenvalue weighted by molar-refractivity contribution is -0.0265. The highest BCUT2D eigenvalue weighted by molar-refractivity contribution is 5.65. The second-order valence-corrected chi connectivity index (χ2v) is 8.18. The average molecular weight is 431 g/mol. The summed E-state index contributed by atoms with van der Waals surface area (Å²) in [6.07, 6.45) is 2.30. The number of aliphatic hydroxyl groups is 1. The van der Waals surface area contributed by atoms with Gasteiger partial charge in [-0.1, -0.05) is 37.3 Å². The Labute approximate surface area is 184 Å². The van der Waals surface area contributed by atoms with Gasteiger partial charge in [0.05, 0.1) is 18.8 Å². The number of aromatic amines is 1. The quantitative estimate of drug-likeness (QED) is 0.456. The molecule has 2 N–H and O–H groups in total. The molecule has 1 fully saturated rings. The summed E-state index contributed by atoms with van der Waals surface area (Å²) in [6, 6.07) is 9.93. The zero-order chi connectivity index (χ0) is 22.3. The first kappa shape index (κ1) is 23.2. The summed E-state index contributed by atoms with van der Waals surface area (Å²) in [5.74, 6) is 0.852. The van der Waals surface area contributed by atoms with Gasteiger partial charge in [0.2, 0.25) is 5.88 Å². The van der Waals surface area contributed by atoms with Crippen LogP contribution in [0.2, 0.25) is 0 Å². The van der Waals surface area contributed by atoms with Crippen LogP contribution in [-0.4, -0.2) is 54.0 Å². The molecule has 31 heavy (non-hydrogen) atoms. The third-order valence-corrected chi connectivity index (χ3v) is 5.88. The van der Waals surface area contributed by atoms with Gasteiger partial charge in [0, 0.05) is 30.9 Å². The van der Waals surface area contributed by atoms with E-state index in [9.17, 15) is 9.90 Å². The van der Waals surface area contributed by atoms with Gasteiger partial charge >= 0.3 is 6.16 Å². The largest absolute Gasteiger partial charge is 0.515 e. The Morgan fingerprint density at radius 1 is 1.16 bits per heavy atom. The van der Waals surface area contributed by atoms with Crippen LogP contribution >= 0.6 is 0 Å². The third-order valence-electron chi connectivity index (χ3n) is 5.88. The fourth-order valence-electron chi connectivity index (χ4n) is 3.85. The van der Waals surface area contributed by atoms with E-state index in [1.807, 2.05) is 51.1 Å². The molecule has 7 nitrogen and oxygen atoms in total. The average Bonchev–Trinajstić information content (AvgIpc) is 3.04. The van der Waals surface area contributed by atoms with Crippen LogP contribution in [0.4, 0.5) is 4.79 Å². The monoisotopic (exact) mass is 430 g/mol. The Hall–Kier alpha value is -2.51. The second kappa shape index (κ2) is 10.7. The lowest BCUT2D eigenvalue weighted by Crippen LogP contribution is -2.43. The van der Waals surface area contributed by atoms with Gasteiger partial charge in [-0.2, -0.15) is 0 Å². The zero-order valence-electron chi connectivity index (χ0n) is 18.8. The van der Waals surface area contributed by atoms with Gasteiger partial charge in [-0.3, -0.25) is 0 Å². The van der Waals surface area contributed by atoms with E-state index in [0.29, 0.717) is 24.8 Å². The van der Waals surface area contributed by atoms with Gasteiger partial charge < -0.3 is 29.2 Å². The maximum absolute atomic E-state index is 11.8. The molecule has 1 saturated heterocycles. The number of piperidine rings is 1. The minimum atomic E-state index is -0.730. The Morgan fingerprint density at radius 3 is 2.55 bits per heavy atom. The van der Waals surface area contributed by atoms with Crippen molar-refractivity contribution in [2.24, 2.45) is 0 Å². The molecule has 1 aromatic heterocycles. The summed E-state index contributed by atoms with van der Waals surface area (Å²) >= 11 is 0. The molecule has 2 heterocycles. The molecule has 2 aromatic rings. The van der Waals surface area contributed by atoms with Gasteiger partial charge in [0.15, 0.2) is 5.75 Å². The van der Waals surface area contributed by atoms with Crippen molar-refractivity contribution in [3.63, 3.8) is 0 Å². The number of nitrogens with one attached hydrogen (secondary N) is 1. The molecule has 3 rings (SSSR count). The summed E-state index contributed by atoms with van der Waals surface area (Å²) in [6.45, 7) is 9.20. The van der Waals surface area contributed by atoms with Gasteiger partial charge in [-0.25, -0.2) is 4.79 Å². The van der Waals surface area contributed by atoms with E-state index in [0.717, 1.165) is 62.1 Å². The van der Waals surface area contributed by atoms with Gasteiger partial charge in [-0.15, -0.1) is 0 Å². The molecule has 0 radical (unpaired) electrons. The van der Waals surface area contributed by atoms with Crippen LogP contribution in [0.15, 0.2) is 30.3 Å². The van der Waals surface area contributed by atoms with E-state index in [1.165, 1.54) is 0 Å². The van der Waals surface area contributed by atoms with Gasteiger partial charge in [0.1, 0.15) is 0 Å². The first-order valence-electron chi connectivity index (χ1n) is 11.1. The smallest absolute Gasteiger partial charge is 0.488 e. The highest BCUT2D eigenvalue weighted by Gasteiger charge is 2.33. The Kier molecular flexibility index (Phi) is 7.98. The highest BCUT2D eigenvalue weighted by atomic mass is 16.7. The number of carbonyl (C=O) groups is 1. The Balaban J connectivity index is 1.45. The van der Waals surface area contributed by atoms with Crippen LogP contribution in [-0.2, 0) is 10.3 Å². The van der Waals surface area contributed by atoms with E-state index in [1.54, 1.807) is 0 Å². The normalized spacial score (nSPS) is 16.1. The maximum atomic E-state index is 11.8. The summed E-state index contributed by atoms with van der Waals surface area (Å²) in [5, 5.41) is 11.0. The third kappa shape index (κ3) is 6.02. The van der Waals surface area contributed by atoms with Crippen LogP contribution in [0, 0.1) is 13.8 Å². The number of hydrogen-bond donors (Lipinski definition) is 2. The molecule has 0 amide bonds. The number of ether oxygens (including phenoxy) is 3. The van der Waals surface area contributed by atoms with E-state index in [4.69, 9.17) is 14.2 Å². The molecule has 7 heteroatoms. The van der Waals surface area contributed by atoms with Crippen molar-refractivity contribution in [2.45, 2.75) is 52.1 Å². The number of carbonyl (C=O) groups excluding carboxylic acids is 1. The minimum Gasteiger partial charge on any atom is -0.488 e. The maximum Gasteiger partial charge on any atom is 0.515 e. The van der Waals surface area contributed by atoms with Crippen LogP contribution in [0.5, 0.6) is 11.6 Å². The van der Waals surface area contributed by atoms with E-state index in [2.05, 4.69) is 9.88 Å². The molecule has 1 aromatic carbocycles. The fraction of sp³-hybridized carbons (Fsp3) is 0.542. The lowest BCUT2D eigenvalue weighted by Gasteiger charge is -2.38. The second-order valence-electron chi connectivity index (χ2n) is 8.18. The predicted molar refractivity (Wildman–Crippen MR) is 119 cm³/mol. The fourth-order valence-corrected chi connectivity index (χ4v) is 3.85. The van der Waals surface area contributed by atoms with E-state index in [-0.39, 0.29) is 0 Å². The Morgan fingerprint density at radius 2 is 1.87 bits per heavy atom. The molecule has 0 atom stereocenters. The topological polar surface area (TPSA) is 84.0 Å². The molecule has 0 bridgehead atoms. The molecule has 0 saturated carbocycles. The highest BCUT2D eigenvalue weighted by Crippen LogP contribution is 2.34.